The van der Waals surface area contributed by atoms with E-state index in [0.29, 0.717) is 29.3 Å². The van der Waals surface area contributed by atoms with Gasteiger partial charge in [-0.15, -0.1) is 0 Å². The van der Waals surface area contributed by atoms with Gasteiger partial charge in [0.15, 0.2) is 0 Å². The van der Waals surface area contributed by atoms with Gasteiger partial charge in [-0.25, -0.2) is 9.78 Å². The van der Waals surface area contributed by atoms with Gasteiger partial charge in [-0.1, -0.05) is 18.2 Å². The van der Waals surface area contributed by atoms with Gasteiger partial charge in [0.2, 0.25) is 0 Å². The monoisotopic (exact) mass is 400 g/mol. The molecule has 2 aromatic heterocycles. The molecule has 0 aliphatic rings. The third-order valence-electron chi connectivity index (χ3n) is 4.79. The average molecular weight is 400 g/mol. The predicted octanol–water partition coefficient (Wildman–Crippen LogP) is 4.64. The minimum absolute atomic E-state index is 0.218. The Morgan fingerprint density at radius 3 is 2.60 bits per heavy atom. The molecule has 0 aliphatic heterocycles. The summed E-state index contributed by atoms with van der Waals surface area (Å²) in [5.41, 5.74) is 3.32. The fourth-order valence-corrected chi connectivity index (χ4v) is 3.11. The molecule has 4 aromatic rings. The van der Waals surface area contributed by atoms with E-state index in [0.717, 1.165) is 22.1 Å². The molecule has 0 bridgehead atoms. The molecule has 0 radical (unpaired) electrons. The van der Waals surface area contributed by atoms with Crippen LogP contribution < -0.4 is 15.7 Å². The highest BCUT2D eigenvalue weighted by Gasteiger charge is 2.09. The lowest BCUT2D eigenvalue weighted by atomic mass is 10.1. The molecule has 4 rings (SSSR count). The molecule has 2 aromatic carbocycles. The first-order valence-corrected chi connectivity index (χ1v) is 9.49. The molecule has 150 valence electrons. The Bertz CT molecular complexity index is 1280. The number of hydrogen-bond donors (Lipinski definition) is 1. The Balaban J connectivity index is 1.42. The lowest BCUT2D eigenvalue weighted by Crippen LogP contribution is -2.13. The molecule has 0 atom stereocenters. The van der Waals surface area contributed by atoms with Gasteiger partial charge in [0.05, 0.1) is 0 Å². The fourth-order valence-electron chi connectivity index (χ4n) is 3.11. The zero-order chi connectivity index (χ0) is 21.1. The Kier molecular flexibility index (Phi) is 5.30. The van der Waals surface area contributed by atoms with Crippen LogP contribution in [0.25, 0.3) is 11.0 Å². The number of anilines is 1. The van der Waals surface area contributed by atoms with Crippen molar-refractivity contribution >= 4 is 22.7 Å². The second-order valence-electron chi connectivity index (χ2n) is 7.02. The molecular weight excluding hydrogens is 380 g/mol. The summed E-state index contributed by atoms with van der Waals surface area (Å²) < 4.78 is 11.1. The number of pyridine rings is 1. The van der Waals surface area contributed by atoms with Crippen LogP contribution in [0.4, 0.5) is 5.82 Å². The summed E-state index contributed by atoms with van der Waals surface area (Å²) in [6.45, 7) is 4.08. The topological polar surface area (TPSA) is 81.4 Å². The van der Waals surface area contributed by atoms with E-state index in [9.17, 15) is 9.59 Å². The van der Waals surface area contributed by atoms with Gasteiger partial charge in [-0.3, -0.25) is 4.79 Å². The van der Waals surface area contributed by atoms with Gasteiger partial charge in [0, 0.05) is 29.3 Å². The maximum absolute atomic E-state index is 12.4. The third kappa shape index (κ3) is 4.22. The van der Waals surface area contributed by atoms with Gasteiger partial charge < -0.3 is 14.5 Å². The molecule has 0 unspecified atom stereocenters. The SMILES string of the molecule is Cc1cccnc1NC(=O)c1ccc(COc2ccc3c(C)cc(=O)oc3c2)cc1. The molecule has 0 fully saturated rings. The van der Waals surface area contributed by atoms with Crippen molar-refractivity contribution in [3.05, 3.63) is 99.5 Å². The number of ether oxygens (including phenoxy) is 1. The first kappa shape index (κ1) is 19.4. The van der Waals surface area contributed by atoms with Gasteiger partial charge >= 0.3 is 5.63 Å². The van der Waals surface area contributed by atoms with Crippen molar-refractivity contribution in [1.82, 2.24) is 4.98 Å². The molecular formula is C24H20N2O4. The number of benzene rings is 2. The minimum Gasteiger partial charge on any atom is -0.489 e. The van der Waals surface area contributed by atoms with E-state index in [2.05, 4.69) is 10.3 Å². The zero-order valence-corrected chi connectivity index (χ0v) is 16.6. The Hall–Kier alpha value is -3.93. The highest BCUT2D eigenvalue weighted by molar-refractivity contribution is 6.04. The van der Waals surface area contributed by atoms with Crippen molar-refractivity contribution in [1.29, 1.82) is 0 Å². The molecule has 0 spiro atoms. The van der Waals surface area contributed by atoms with Gasteiger partial charge in [-0.2, -0.15) is 0 Å². The van der Waals surface area contributed by atoms with E-state index < -0.39 is 0 Å². The predicted molar refractivity (Wildman–Crippen MR) is 115 cm³/mol. The molecule has 1 amide bonds. The van der Waals surface area contributed by atoms with Gasteiger partial charge in [-0.05, 0) is 60.9 Å². The van der Waals surface area contributed by atoms with Crippen LogP contribution in [-0.4, -0.2) is 10.9 Å². The molecule has 2 heterocycles. The van der Waals surface area contributed by atoms with E-state index in [1.807, 2.05) is 50.2 Å². The van der Waals surface area contributed by atoms with Crippen molar-refractivity contribution in [3.8, 4) is 5.75 Å². The van der Waals surface area contributed by atoms with E-state index in [1.165, 1.54) is 6.07 Å². The first-order valence-electron chi connectivity index (χ1n) is 9.49. The Morgan fingerprint density at radius 2 is 1.83 bits per heavy atom. The number of fused-ring (bicyclic) bond motifs is 1. The van der Waals surface area contributed by atoms with E-state index in [-0.39, 0.29) is 11.5 Å². The van der Waals surface area contributed by atoms with Crippen LogP contribution in [0.1, 0.15) is 27.0 Å². The van der Waals surface area contributed by atoms with Crippen LogP contribution in [0, 0.1) is 13.8 Å². The highest BCUT2D eigenvalue weighted by atomic mass is 16.5. The summed E-state index contributed by atoms with van der Waals surface area (Å²) in [5.74, 6) is 0.931. The van der Waals surface area contributed by atoms with Crippen LogP contribution in [0.15, 0.2) is 76.1 Å². The second-order valence-corrected chi connectivity index (χ2v) is 7.02. The minimum atomic E-state index is -0.382. The molecule has 6 heteroatoms. The van der Waals surface area contributed by atoms with Gasteiger partial charge in [0.25, 0.3) is 5.91 Å². The normalized spacial score (nSPS) is 10.7. The van der Waals surface area contributed by atoms with E-state index in [4.69, 9.17) is 9.15 Å². The van der Waals surface area contributed by atoms with Crippen LogP contribution in [0.5, 0.6) is 5.75 Å². The summed E-state index contributed by atoms with van der Waals surface area (Å²) in [6.07, 6.45) is 1.64. The molecule has 6 nitrogen and oxygen atoms in total. The van der Waals surface area contributed by atoms with E-state index in [1.54, 1.807) is 24.4 Å². The molecule has 30 heavy (non-hydrogen) atoms. The summed E-state index contributed by atoms with van der Waals surface area (Å²) in [5, 5.41) is 3.69. The summed E-state index contributed by atoms with van der Waals surface area (Å²) in [6, 6.07) is 17.8. The number of rotatable bonds is 5. The average Bonchev–Trinajstić information content (AvgIpc) is 2.74. The number of aromatic nitrogens is 1. The van der Waals surface area contributed by atoms with Crippen LogP contribution in [-0.2, 0) is 6.61 Å². The summed E-state index contributed by atoms with van der Waals surface area (Å²) in [4.78, 5) is 28.2. The van der Waals surface area contributed by atoms with Gasteiger partial charge in [0.1, 0.15) is 23.8 Å². The maximum Gasteiger partial charge on any atom is 0.336 e. The lowest BCUT2D eigenvalue weighted by Gasteiger charge is -2.09. The zero-order valence-electron chi connectivity index (χ0n) is 16.6. The second kappa shape index (κ2) is 8.21. The quantitative estimate of drug-likeness (QED) is 0.494. The Labute approximate surface area is 173 Å². The summed E-state index contributed by atoms with van der Waals surface area (Å²) in [7, 11) is 0. The van der Waals surface area contributed by atoms with Crippen LogP contribution >= 0.6 is 0 Å². The molecule has 0 saturated heterocycles. The number of amides is 1. The van der Waals surface area contributed by atoms with Crippen molar-refractivity contribution < 1.29 is 13.9 Å². The first-order chi connectivity index (χ1) is 14.5. The van der Waals surface area contributed by atoms with Crippen LogP contribution in [0.3, 0.4) is 0 Å². The van der Waals surface area contributed by atoms with Crippen LogP contribution in [0.2, 0.25) is 0 Å². The number of hydrogen-bond acceptors (Lipinski definition) is 5. The Morgan fingerprint density at radius 1 is 1.03 bits per heavy atom. The standard InChI is InChI=1S/C24H20N2O4/c1-15-4-3-11-25-23(15)26-24(28)18-7-5-17(6-8-18)14-29-19-9-10-20-16(2)12-22(27)30-21(20)13-19/h3-13H,14H2,1-2H3,(H,25,26,28). The van der Waals surface area contributed by atoms with Crippen molar-refractivity contribution in [2.45, 2.75) is 20.5 Å². The third-order valence-corrected chi connectivity index (χ3v) is 4.79. The van der Waals surface area contributed by atoms with Crippen molar-refractivity contribution in [3.63, 3.8) is 0 Å². The molecule has 1 N–H and O–H groups in total. The number of carbonyl (C=O) groups excluding carboxylic acids is 1. The molecule has 0 saturated carbocycles. The smallest absolute Gasteiger partial charge is 0.336 e. The van der Waals surface area contributed by atoms with Crippen molar-refractivity contribution in [2.24, 2.45) is 0 Å². The van der Waals surface area contributed by atoms with E-state index >= 15 is 0 Å². The van der Waals surface area contributed by atoms with Crippen molar-refractivity contribution in [2.75, 3.05) is 5.32 Å². The number of nitrogens with one attached hydrogen (secondary N) is 1. The maximum atomic E-state index is 12.4. The lowest BCUT2D eigenvalue weighted by molar-refractivity contribution is 0.102. The largest absolute Gasteiger partial charge is 0.489 e. The highest BCUT2D eigenvalue weighted by Crippen LogP contribution is 2.23. The fraction of sp³-hybridized carbons (Fsp3) is 0.125. The number of carbonyl (C=O) groups is 1. The summed E-state index contributed by atoms with van der Waals surface area (Å²) >= 11 is 0. The number of aryl methyl sites for hydroxylation is 2. The number of nitrogens with zero attached hydrogens (tertiary/aromatic N) is 1. The molecule has 0 aliphatic carbocycles.